The van der Waals surface area contributed by atoms with E-state index >= 15 is 0 Å². The third-order valence-electron chi connectivity index (χ3n) is 1.84. The van der Waals surface area contributed by atoms with Gasteiger partial charge in [-0.2, -0.15) is 0 Å². The molecule has 0 atom stereocenters. The second-order valence-electron chi connectivity index (χ2n) is 2.95. The van der Waals surface area contributed by atoms with Crippen molar-refractivity contribution in [3.63, 3.8) is 0 Å². The minimum absolute atomic E-state index is 0.0903. The van der Waals surface area contributed by atoms with Gasteiger partial charge in [0.2, 0.25) is 0 Å². The Kier molecular flexibility index (Phi) is 3.68. The van der Waals surface area contributed by atoms with Gasteiger partial charge in [0, 0.05) is 18.3 Å². The average molecular weight is 216 g/mol. The van der Waals surface area contributed by atoms with Crippen molar-refractivity contribution in [3.8, 4) is 0 Å². The molecule has 0 radical (unpaired) electrons. The van der Waals surface area contributed by atoms with Crippen molar-refractivity contribution in [3.05, 3.63) is 29.1 Å². The Morgan fingerprint density at radius 3 is 2.73 bits per heavy atom. The minimum Gasteiger partial charge on any atom is -0.481 e. The number of carbonyl (C=O) groups is 1. The van der Waals surface area contributed by atoms with Gasteiger partial charge in [-0.3, -0.25) is 9.78 Å². The second-order valence-corrected chi connectivity index (χ2v) is 2.95. The Morgan fingerprint density at radius 1 is 1.60 bits per heavy atom. The quantitative estimate of drug-likeness (QED) is 0.790. The van der Waals surface area contributed by atoms with Crippen LogP contribution in [0.5, 0.6) is 0 Å². The number of alkyl halides is 2. The van der Waals surface area contributed by atoms with Gasteiger partial charge in [0.1, 0.15) is 0 Å². The fraction of sp³-hybridized carbons (Fsp3) is 0.333. The highest BCUT2D eigenvalue weighted by Gasteiger charge is 2.14. The van der Waals surface area contributed by atoms with Crippen molar-refractivity contribution in [2.24, 2.45) is 5.73 Å². The van der Waals surface area contributed by atoms with E-state index in [1.54, 1.807) is 0 Å². The lowest BCUT2D eigenvalue weighted by molar-refractivity contribution is -0.136. The van der Waals surface area contributed by atoms with E-state index < -0.39 is 12.4 Å². The van der Waals surface area contributed by atoms with E-state index in [2.05, 4.69) is 4.98 Å². The maximum Gasteiger partial charge on any atom is 0.307 e. The van der Waals surface area contributed by atoms with Crippen molar-refractivity contribution in [2.45, 2.75) is 19.4 Å². The summed E-state index contributed by atoms with van der Waals surface area (Å²) < 4.78 is 25.0. The number of pyridine rings is 1. The zero-order chi connectivity index (χ0) is 11.4. The topological polar surface area (TPSA) is 76.2 Å². The molecule has 15 heavy (non-hydrogen) atoms. The molecule has 1 aromatic rings. The number of carboxylic acids is 1. The first kappa shape index (κ1) is 11.5. The maximum absolute atomic E-state index is 12.5. The van der Waals surface area contributed by atoms with Crippen molar-refractivity contribution in [2.75, 3.05) is 0 Å². The molecule has 0 aromatic carbocycles. The van der Waals surface area contributed by atoms with Crippen LogP contribution in [0.3, 0.4) is 0 Å². The lowest BCUT2D eigenvalue weighted by Crippen LogP contribution is -2.08. The SMILES string of the molecule is NCc1ncc(CC(=O)O)cc1C(F)F. The molecule has 0 saturated heterocycles. The summed E-state index contributed by atoms with van der Waals surface area (Å²) in [6.45, 7) is -0.0903. The molecule has 0 aliphatic rings. The summed E-state index contributed by atoms with van der Waals surface area (Å²) in [5.41, 5.74) is 5.27. The molecule has 0 fully saturated rings. The molecule has 1 rings (SSSR count). The predicted octanol–water partition coefficient (Wildman–Crippen LogP) is 1.10. The molecule has 0 saturated carbocycles. The van der Waals surface area contributed by atoms with E-state index in [1.165, 1.54) is 6.20 Å². The first-order chi connectivity index (χ1) is 7.04. The van der Waals surface area contributed by atoms with E-state index in [9.17, 15) is 13.6 Å². The summed E-state index contributed by atoms with van der Waals surface area (Å²) in [5, 5.41) is 8.48. The number of aromatic nitrogens is 1. The molecular formula is C9H10F2N2O2. The Bertz CT molecular complexity index is 369. The van der Waals surface area contributed by atoms with Crippen LogP contribution in [0.15, 0.2) is 12.3 Å². The van der Waals surface area contributed by atoms with Gasteiger partial charge in [-0.15, -0.1) is 0 Å². The monoisotopic (exact) mass is 216 g/mol. The molecule has 6 heteroatoms. The fourth-order valence-electron chi connectivity index (χ4n) is 1.19. The normalized spacial score (nSPS) is 10.7. The van der Waals surface area contributed by atoms with Crippen LogP contribution >= 0.6 is 0 Å². The summed E-state index contributed by atoms with van der Waals surface area (Å²) in [6.07, 6.45) is -1.76. The number of rotatable bonds is 4. The summed E-state index contributed by atoms with van der Waals surface area (Å²) in [4.78, 5) is 14.1. The molecule has 82 valence electrons. The Hall–Kier alpha value is -1.56. The largest absolute Gasteiger partial charge is 0.481 e. The molecule has 0 aliphatic carbocycles. The fourth-order valence-corrected chi connectivity index (χ4v) is 1.19. The first-order valence-corrected chi connectivity index (χ1v) is 4.22. The third-order valence-corrected chi connectivity index (χ3v) is 1.84. The van der Waals surface area contributed by atoms with Crippen molar-refractivity contribution in [1.29, 1.82) is 0 Å². The number of hydrogen-bond acceptors (Lipinski definition) is 3. The lowest BCUT2D eigenvalue weighted by atomic mass is 10.1. The van der Waals surface area contributed by atoms with Crippen LogP contribution < -0.4 is 5.73 Å². The first-order valence-electron chi connectivity index (χ1n) is 4.22. The number of hydrogen-bond donors (Lipinski definition) is 2. The van der Waals surface area contributed by atoms with Crippen LogP contribution in [0.4, 0.5) is 8.78 Å². The van der Waals surface area contributed by atoms with Crippen LogP contribution in [0.2, 0.25) is 0 Å². The molecule has 0 bridgehead atoms. The summed E-state index contributed by atoms with van der Waals surface area (Å²) >= 11 is 0. The summed E-state index contributed by atoms with van der Waals surface area (Å²) in [5.74, 6) is -1.09. The Labute approximate surface area is 84.7 Å². The molecule has 4 nitrogen and oxygen atoms in total. The molecule has 0 unspecified atom stereocenters. The molecule has 0 spiro atoms. The van der Waals surface area contributed by atoms with Gasteiger partial charge in [-0.1, -0.05) is 0 Å². The predicted molar refractivity (Wildman–Crippen MR) is 48.4 cm³/mol. The van der Waals surface area contributed by atoms with E-state index in [0.29, 0.717) is 0 Å². The minimum atomic E-state index is -2.69. The van der Waals surface area contributed by atoms with Gasteiger partial charge in [0.25, 0.3) is 6.43 Å². The molecule has 0 amide bonds. The van der Waals surface area contributed by atoms with Gasteiger partial charge in [0.05, 0.1) is 12.1 Å². The third kappa shape index (κ3) is 2.95. The van der Waals surface area contributed by atoms with Gasteiger partial charge >= 0.3 is 5.97 Å². The number of carboxylic acid groups (broad SMARTS) is 1. The van der Waals surface area contributed by atoms with Crippen molar-refractivity contribution in [1.82, 2.24) is 4.98 Å². The van der Waals surface area contributed by atoms with Crippen LogP contribution in [-0.4, -0.2) is 16.1 Å². The molecular weight excluding hydrogens is 206 g/mol. The van der Waals surface area contributed by atoms with Crippen molar-refractivity contribution >= 4 is 5.97 Å². The molecule has 1 heterocycles. The highest BCUT2D eigenvalue weighted by molar-refractivity contribution is 5.70. The van der Waals surface area contributed by atoms with Gasteiger partial charge < -0.3 is 10.8 Å². The van der Waals surface area contributed by atoms with Crippen molar-refractivity contribution < 1.29 is 18.7 Å². The zero-order valence-electron chi connectivity index (χ0n) is 7.78. The smallest absolute Gasteiger partial charge is 0.307 e. The van der Waals surface area contributed by atoms with Gasteiger partial charge in [0.15, 0.2) is 0 Å². The van der Waals surface area contributed by atoms with Crippen LogP contribution in [0, 0.1) is 0 Å². The highest BCUT2D eigenvalue weighted by Crippen LogP contribution is 2.22. The van der Waals surface area contributed by atoms with E-state index in [1.807, 2.05) is 0 Å². The average Bonchev–Trinajstić information content (AvgIpc) is 2.16. The van der Waals surface area contributed by atoms with Gasteiger partial charge in [-0.05, 0) is 11.6 Å². The lowest BCUT2D eigenvalue weighted by Gasteiger charge is -2.07. The number of nitrogens with zero attached hydrogens (tertiary/aromatic N) is 1. The second kappa shape index (κ2) is 4.79. The van der Waals surface area contributed by atoms with E-state index in [-0.39, 0.29) is 29.8 Å². The standard InChI is InChI=1S/C9H10F2N2O2/c10-9(11)6-1-5(2-8(14)15)4-13-7(6)3-12/h1,4,9H,2-3,12H2,(H,14,15). The Balaban J connectivity index is 3.04. The summed E-state index contributed by atoms with van der Waals surface area (Å²) in [7, 11) is 0. The summed E-state index contributed by atoms with van der Waals surface area (Å²) in [6, 6.07) is 1.13. The molecule has 3 N–H and O–H groups in total. The number of halogens is 2. The Morgan fingerprint density at radius 2 is 2.27 bits per heavy atom. The maximum atomic E-state index is 12.5. The number of aliphatic carboxylic acids is 1. The van der Waals surface area contributed by atoms with Crippen LogP contribution in [0.25, 0.3) is 0 Å². The molecule has 1 aromatic heterocycles. The highest BCUT2D eigenvalue weighted by atomic mass is 19.3. The van der Waals surface area contributed by atoms with Crippen LogP contribution in [-0.2, 0) is 17.8 Å². The van der Waals surface area contributed by atoms with E-state index in [0.717, 1.165) is 6.07 Å². The van der Waals surface area contributed by atoms with E-state index in [4.69, 9.17) is 10.8 Å². The van der Waals surface area contributed by atoms with Crippen LogP contribution in [0.1, 0.15) is 23.2 Å². The number of nitrogens with two attached hydrogens (primary N) is 1. The zero-order valence-corrected chi connectivity index (χ0v) is 7.78. The molecule has 0 aliphatic heterocycles. The van der Waals surface area contributed by atoms with Gasteiger partial charge in [-0.25, -0.2) is 8.78 Å².